The molecule has 0 rings (SSSR count). The first-order valence-electron chi connectivity index (χ1n) is 3.89. The number of hydrogen-bond donors (Lipinski definition) is 0. The van der Waals surface area contributed by atoms with Gasteiger partial charge in [0.05, 0.1) is 6.10 Å². The van der Waals surface area contributed by atoms with Crippen molar-refractivity contribution in [1.29, 1.82) is 0 Å². The largest absolute Gasteiger partial charge is 0.416 e. The lowest BCUT2D eigenvalue weighted by Gasteiger charge is -2.30. The smallest absolute Gasteiger partial charge is 0.363 e. The number of aldehydes is 1. The van der Waals surface area contributed by atoms with E-state index in [2.05, 4.69) is 4.74 Å². The first kappa shape index (κ1) is 12.4. The number of carbonyl (C=O) groups excluding carboxylic acids is 1. The molecule has 0 heterocycles. The van der Waals surface area contributed by atoms with Gasteiger partial charge in [0.15, 0.2) is 5.60 Å². The van der Waals surface area contributed by atoms with Crippen molar-refractivity contribution >= 4 is 6.29 Å². The third-order valence-electron chi connectivity index (χ3n) is 1.61. The molecule has 0 saturated heterocycles. The van der Waals surface area contributed by atoms with Crippen molar-refractivity contribution in [3.05, 3.63) is 0 Å². The van der Waals surface area contributed by atoms with Crippen molar-refractivity contribution in [3.8, 4) is 0 Å². The summed E-state index contributed by atoms with van der Waals surface area (Å²) in [4.78, 5) is 9.99. The average Bonchev–Trinajstić information content (AvgIpc) is 1.83. The molecule has 5 heteroatoms. The van der Waals surface area contributed by atoms with Gasteiger partial charge in [-0.1, -0.05) is 0 Å². The molecule has 0 bridgehead atoms. The van der Waals surface area contributed by atoms with E-state index < -0.39 is 17.9 Å². The van der Waals surface area contributed by atoms with Gasteiger partial charge in [-0.2, -0.15) is 13.2 Å². The van der Waals surface area contributed by atoms with Gasteiger partial charge < -0.3 is 9.53 Å². The van der Waals surface area contributed by atoms with Crippen molar-refractivity contribution in [3.63, 3.8) is 0 Å². The molecule has 0 spiro atoms. The number of carbonyl (C=O) groups is 1. The lowest BCUT2D eigenvalue weighted by Crippen LogP contribution is -2.44. The first-order chi connectivity index (χ1) is 5.70. The highest BCUT2D eigenvalue weighted by atomic mass is 19.4. The third-order valence-corrected chi connectivity index (χ3v) is 1.61. The Kier molecular flexibility index (Phi) is 3.90. The Labute approximate surface area is 75.1 Å². The molecule has 0 N–H and O–H groups in total. The monoisotopic (exact) mass is 198 g/mol. The maximum atomic E-state index is 12.2. The van der Waals surface area contributed by atoms with Crippen LogP contribution in [-0.4, -0.2) is 24.2 Å². The highest BCUT2D eigenvalue weighted by Crippen LogP contribution is 2.33. The fraction of sp³-hybridized carbons (Fsp3) is 0.875. The number of rotatable bonds is 4. The van der Waals surface area contributed by atoms with Crippen molar-refractivity contribution in [2.24, 2.45) is 0 Å². The first-order valence-corrected chi connectivity index (χ1v) is 3.89. The molecule has 0 aliphatic heterocycles. The van der Waals surface area contributed by atoms with E-state index in [4.69, 9.17) is 0 Å². The molecule has 0 aliphatic rings. The summed E-state index contributed by atoms with van der Waals surface area (Å²) in [6.45, 7) is 3.31. The molecule has 0 aromatic carbocycles. The summed E-state index contributed by atoms with van der Waals surface area (Å²) < 4.78 is 41.3. The summed E-state index contributed by atoms with van der Waals surface area (Å²) in [5.41, 5.74) is -2.20. The lowest BCUT2D eigenvalue weighted by molar-refractivity contribution is -0.274. The molecule has 13 heavy (non-hydrogen) atoms. The van der Waals surface area contributed by atoms with Gasteiger partial charge in [-0.05, 0) is 20.8 Å². The zero-order chi connectivity index (χ0) is 10.7. The fourth-order valence-corrected chi connectivity index (χ4v) is 0.753. The molecule has 0 aliphatic carbocycles. The minimum absolute atomic E-state index is 0.0283. The quantitative estimate of drug-likeness (QED) is 0.648. The van der Waals surface area contributed by atoms with Gasteiger partial charge in [0.1, 0.15) is 6.29 Å². The molecule has 1 atom stereocenters. The van der Waals surface area contributed by atoms with Crippen LogP contribution in [0.15, 0.2) is 0 Å². The summed E-state index contributed by atoms with van der Waals surface area (Å²) in [6, 6.07) is 0. The van der Waals surface area contributed by atoms with Crippen LogP contribution in [0.1, 0.15) is 27.2 Å². The SMILES string of the molecule is C[C@H](CC=O)OC(C)(C)C(F)(F)F. The zero-order valence-electron chi connectivity index (χ0n) is 7.81. The molecular formula is C8H13F3O2. The standard InChI is InChI=1S/C8H13F3O2/c1-6(4-5-12)13-7(2,3)8(9,10)11/h5-6H,4H2,1-3H3/t6-/m1/s1. The van der Waals surface area contributed by atoms with Crippen LogP contribution in [-0.2, 0) is 9.53 Å². The summed E-state index contributed by atoms with van der Waals surface area (Å²) in [7, 11) is 0. The van der Waals surface area contributed by atoms with Crippen LogP contribution >= 0.6 is 0 Å². The van der Waals surface area contributed by atoms with Crippen LogP contribution in [0.4, 0.5) is 13.2 Å². The number of hydrogen-bond acceptors (Lipinski definition) is 2. The van der Waals surface area contributed by atoms with Crippen molar-refractivity contribution in [2.75, 3.05) is 0 Å². The minimum Gasteiger partial charge on any atom is -0.363 e. The van der Waals surface area contributed by atoms with E-state index in [1.807, 2.05) is 0 Å². The van der Waals surface area contributed by atoms with E-state index in [1.165, 1.54) is 6.92 Å². The van der Waals surface area contributed by atoms with Crippen molar-refractivity contribution < 1.29 is 22.7 Å². The Bertz CT molecular complexity index is 175. The Hall–Kier alpha value is -0.580. The fourth-order valence-electron chi connectivity index (χ4n) is 0.753. The Morgan fingerprint density at radius 1 is 1.38 bits per heavy atom. The van der Waals surface area contributed by atoms with Crippen molar-refractivity contribution in [2.45, 2.75) is 45.1 Å². The van der Waals surface area contributed by atoms with Crippen LogP contribution in [0.3, 0.4) is 0 Å². The normalized spacial score (nSPS) is 15.5. The third kappa shape index (κ3) is 3.76. The molecule has 0 aromatic rings. The highest BCUT2D eigenvalue weighted by molar-refractivity contribution is 5.49. The molecular weight excluding hydrogens is 185 g/mol. The highest BCUT2D eigenvalue weighted by Gasteiger charge is 2.49. The molecule has 78 valence electrons. The van der Waals surface area contributed by atoms with E-state index in [1.54, 1.807) is 0 Å². The van der Waals surface area contributed by atoms with Gasteiger partial charge in [-0.15, -0.1) is 0 Å². The molecule has 0 saturated carbocycles. The average molecular weight is 198 g/mol. The molecule has 0 fully saturated rings. The van der Waals surface area contributed by atoms with E-state index in [9.17, 15) is 18.0 Å². The second-order valence-corrected chi connectivity index (χ2v) is 3.34. The van der Waals surface area contributed by atoms with E-state index >= 15 is 0 Å². The summed E-state index contributed by atoms with van der Waals surface area (Å²) in [5.74, 6) is 0. The Morgan fingerprint density at radius 2 is 1.85 bits per heavy atom. The number of alkyl halides is 3. The van der Waals surface area contributed by atoms with Crippen molar-refractivity contribution in [1.82, 2.24) is 0 Å². The molecule has 0 amide bonds. The second kappa shape index (κ2) is 4.09. The summed E-state index contributed by atoms with van der Waals surface area (Å²) in [6.07, 6.45) is -4.62. The number of ether oxygens (including phenoxy) is 1. The zero-order valence-corrected chi connectivity index (χ0v) is 7.81. The van der Waals surface area contributed by atoms with Crippen LogP contribution in [0.5, 0.6) is 0 Å². The van der Waals surface area contributed by atoms with E-state index in [-0.39, 0.29) is 6.42 Å². The number of halogens is 3. The summed E-state index contributed by atoms with van der Waals surface area (Å²) in [5, 5.41) is 0. The van der Waals surface area contributed by atoms with Gasteiger partial charge in [-0.3, -0.25) is 0 Å². The molecule has 0 aromatic heterocycles. The molecule has 0 radical (unpaired) electrons. The van der Waals surface area contributed by atoms with Crippen LogP contribution in [0.2, 0.25) is 0 Å². The van der Waals surface area contributed by atoms with Gasteiger partial charge in [-0.25, -0.2) is 0 Å². The minimum atomic E-state index is -4.41. The van der Waals surface area contributed by atoms with Crippen LogP contribution in [0, 0.1) is 0 Å². The molecule has 0 unspecified atom stereocenters. The van der Waals surface area contributed by atoms with Gasteiger partial charge in [0.25, 0.3) is 0 Å². The van der Waals surface area contributed by atoms with E-state index in [0.717, 1.165) is 13.8 Å². The van der Waals surface area contributed by atoms with Crippen LogP contribution in [0.25, 0.3) is 0 Å². The van der Waals surface area contributed by atoms with Crippen LogP contribution < -0.4 is 0 Å². The Balaban J connectivity index is 4.24. The van der Waals surface area contributed by atoms with Gasteiger partial charge in [0, 0.05) is 6.42 Å². The van der Waals surface area contributed by atoms with Gasteiger partial charge in [0.2, 0.25) is 0 Å². The van der Waals surface area contributed by atoms with Gasteiger partial charge >= 0.3 is 6.18 Å². The molecule has 2 nitrogen and oxygen atoms in total. The van der Waals surface area contributed by atoms with E-state index in [0.29, 0.717) is 6.29 Å². The maximum Gasteiger partial charge on any atom is 0.416 e. The Morgan fingerprint density at radius 3 is 2.15 bits per heavy atom. The second-order valence-electron chi connectivity index (χ2n) is 3.34. The topological polar surface area (TPSA) is 26.3 Å². The predicted molar refractivity (Wildman–Crippen MR) is 41.4 cm³/mol. The predicted octanol–water partition coefficient (Wildman–Crippen LogP) is 2.32. The summed E-state index contributed by atoms with van der Waals surface area (Å²) >= 11 is 0. The maximum absolute atomic E-state index is 12.2. The lowest BCUT2D eigenvalue weighted by atomic mass is 10.1.